The molecular weight excluding hydrogens is 479 g/mol. The number of piperidine rings is 1. The second-order valence-electron chi connectivity index (χ2n) is 10.1. The lowest BCUT2D eigenvalue weighted by Crippen LogP contribution is -2.57. The molecule has 2 fully saturated rings. The third kappa shape index (κ3) is 5.29. The summed E-state index contributed by atoms with van der Waals surface area (Å²) in [4.78, 5) is 30.8. The molecule has 2 heterocycles. The van der Waals surface area contributed by atoms with Crippen molar-refractivity contribution < 1.29 is 9.59 Å². The van der Waals surface area contributed by atoms with Gasteiger partial charge >= 0.3 is 0 Å². The van der Waals surface area contributed by atoms with Gasteiger partial charge in [-0.25, -0.2) is 0 Å². The van der Waals surface area contributed by atoms with E-state index in [1.54, 1.807) is 0 Å². The number of carbonyl (C=O) groups is 2. The van der Waals surface area contributed by atoms with Crippen molar-refractivity contribution >= 4 is 35.0 Å². The Kier molecular flexibility index (Phi) is 7.92. The summed E-state index contributed by atoms with van der Waals surface area (Å²) in [5.74, 6) is 0.325. The lowest BCUT2D eigenvalue weighted by Gasteiger charge is -2.52. The molecule has 2 aliphatic rings. The number of hydrogen-bond acceptors (Lipinski definition) is 2. The number of rotatable bonds is 8. The maximum atomic E-state index is 14.3. The van der Waals surface area contributed by atoms with Gasteiger partial charge in [-0.3, -0.25) is 9.59 Å². The average Bonchev–Trinajstić information content (AvgIpc) is 3.24. The molecule has 4 atom stereocenters. The van der Waals surface area contributed by atoms with Gasteiger partial charge in [0.05, 0.1) is 11.5 Å². The highest BCUT2D eigenvalue weighted by Gasteiger charge is 2.51. The normalized spacial score (nSPS) is 25.7. The van der Waals surface area contributed by atoms with Crippen molar-refractivity contribution in [2.24, 2.45) is 5.41 Å². The molecule has 35 heavy (non-hydrogen) atoms. The Hall–Kier alpha value is -2.30. The maximum absolute atomic E-state index is 14.3. The standard InChI is InChI=1S/C29H34Cl2N2O2/c1-4-15-29(3)18-25(21-8-6-9-23(31)17-21)27(20-11-13-22(30)14-12-20)33(28(29)35)24(5-2)19-32-16-7-10-26(32)34/h4,6,8-9,11-14,17,24-25,27H,1,5,7,10,15-16,18-19H2,2-3H3. The van der Waals surface area contributed by atoms with Crippen molar-refractivity contribution in [1.82, 2.24) is 9.80 Å². The zero-order valence-corrected chi connectivity index (χ0v) is 22.1. The van der Waals surface area contributed by atoms with Gasteiger partial charge in [0, 0.05) is 41.5 Å². The summed E-state index contributed by atoms with van der Waals surface area (Å²) in [6.07, 6.45) is 5.34. The molecule has 6 heteroatoms. The predicted molar refractivity (Wildman–Crippen MR) is 143 cm³/mol. The van der Waals surface area contributed by atoms with Crippen LogP contribution in [0.4, 0.5) is 0 Å². The fourth-order valence-electron chi connectivity index (χ4n) is 5.85. The van der Waals surface area contributed by atoms with Gasteiger partial charge in [-0.1, -0.05) is 67.4 Å². The lowest BCUT2D eigenvalue weighted by atomic mass is 9.67. The number of allylic oxidation sites excluding steroid dienone is 1. The molecule has 2 saturated heterocycles. The van der Waals surface area contributed by atoms with Crippen LogP contribution >= 0.6 is 23.2 Å². The van der Waals surface area contributed by atoms with Crippen LogP contribution in [0.15, 0.2) is 61.2 Å². The molecule has 2 aliphatic heterocycles. The molecule has 0 N–H and O–H groups in total. The van der Waals surface area contributed by atoms with Crippen molar-refractivity contribution in [3.63, 3.8) is 0 Å². The van der Waals surface area contributed by atoms with E-state index in [1.807, 2.05) is 60.4 Å². The van der Waals surface area contributed by atoms with Crippen LogP contribution in [-0.2, 0) is 9.59 Å². The predicted octanol–water partition coefficient (Wildman–Crippen LogP) is 7.03. The first-order valence-electron chi connectivity index (χ1n) is 12.5. The van der Waals surface area contributed by atoms with Crippen LogP contribution in [0.25, 0.3) is 0 Å². The quantitative estimate of drug-likeness (QED) is 0.356. The Bertz CT molecular complexity index is 1090. The van der Waals surface area contributed by atoms with E-state index in [2.05, 4.69) is 24.5 Å². The molecule has 0 spiro atoms. The Morgan fingerprint density at radius 3 is 2.46 bits per heavy atom. The lowest BCUT2D eigenvalue weighted by molar-refractivity contribution is -0.156. The molecule has 186 valence electrons. The highest BCUT2D eigenvalue weighted by molar-refractivity contribution is 6.30. The minimum Gasteiger partial charge on any atom is -0.341 e. The molecule has 2 aromatic rings. The maximum Gasteiger partial charge on any atom is 0.229 e. The van der Waals surface area contributed by atoms with Gasteiger partial charge in [0.25, 0.3) is 0 Å². The zero-order chi connectivity index (χ0) is 25.2. The van der Waals surface area contributed by atoms with Gasteiger partial charge in [0.2, 0.25) is 11.8 Å². The fraction of sp³-hybridized carbons (Fsp3) is 0.448. The van der Waals surface area contributed by atoms with Gasteiger partial charge in [0.15, 0.2) is 0 Å². The van der Waals surface area contributed by atoms with Gasteiger partial charge in [0.1, 0.15) is 0 Å². The van der Waals surface area contributed by atoms with Crippen LogP contribution < -0.4 is 0 Å². The van der Waals surface area contributed by atoms with E-state index >= 15 is 0 Å². The zero-order valence-electron chi connectivity index (χ0n) is 20.6. The van der Waals surface area contributed by atoms with Crippen LogP contribution in [0.2, 0.25) is 10.0 Å². The topological polar surface area (TPSA) is 40.6 Å². The number of nitrogens with zero attached hydrogens (tertiary/aromatic N) is 2. The Morgan fingerprint density at radius 1 is 1.11 bits per heavy atom. The molecule has 4 unspecified atom stereocenters. The molecule has 0 aromatic heterocycles. The van der Waals surface area contributed by atoms with Crippen molar-refractivity contribution in [3.8, 4) is 0 Å². The van der Waals surface area contributed by atoms with Gasteiger partial charge in [-0.05, 0) is 61.1 Å². The highest BCUT2D eigenvalue weighted by atomic mass is 35.5. The van der Waals surface area contributed by atoms with Crippen molar-refractivity contribution in [1.29, 1.82) is 0 Å². The van der Waals surface area contributed by atoms with E-state index in [0.29, 0.717) is 35.9 Å². The first-order chi connectivity index (χ1) is 16.8. The number of amides is 2. The molecule has 0 bridgehead atoms. The molecule has 2 aromatic carbocycles. The molecule has 0 aliphatic carbocycles. The average molecular weight is 514 g/mol. The number of carbonyl (C=O) groups excluding carboxylic acids is 2. The van der Waals surface area contributed by atoms with Gasteiger partial charge in [-0.2, -0.15) is 0 Å². The summed E-state index contributed by atoms with van der Waals surface area (Å²) >= 11 is 12.7. The van der Waals surface area contributed by atoms with Crippen LogP contribution in [0, 0.1) is 5.41 Å². The minimum absolute atomic E-state index is 0.0286. The third-order valence-corrected chi connectivity index (χ3v) is 8.14. The van der Waals surface area contributed by atoms with Gasteiger partial charge < -0.3 is 9.80 Å². The van der Waals surface area contributed by atoms with E-state index in [4.69, 9.17) is 23.2 Å². The Balaban J connectivity index is 1.86. The summed E-state index contributed by atoms with van der Waals surface area (Å²) in [5.41, 5.74) is 1.55. The molecule has 0 saturated carbocycles. The first-order valence-corrected chi connectivity index (χ1v) is 13.3. The molecule has 4 nitrogen and oxygen atoms in total. The number of benzene rings is 2. The number of hydrogen-bond donors (Lipinski definition) is 0. The largest absolute Gasteiger partial charge is 0.341 e. The van der Waals surface area contributed by atoms with Crippen LogP contribution in [-0.4, -0.2) is 40.7 Å². The van der Waals surface area contributed by atoms with Crippen LogP contribution in [0.5, 0.6) is 0 Å². The highest BCUT2D eigenvalue weighted by Crippen LogP contribution is 2.52. The summed E-state index contributed by atoms with van der Waals surface area (Å²) in [7, 11) is 0. The first kappa shape index (κ1) is 25.8. The summed E-state index contributed by atoms with van der Waals surface area (Å²) in [6.45, 7) is 9.42. The van der Waals surface area contributed by atoms with E-state index in [9.17, 15) is 9.59 Å². The van der Waals surface area contributed by atoms with Crippen molar-refractivity contribution in [2.75, 3.05) is 13.1 Å². The van der Waals surface area contributed by atoms with E-state index in [1.165, 1.54) is 0 Å². The van der Waals surface area contributed by atoms with Crippen molar-refractivity contribution in [3.05, 3.63) is 82.4 Å². The Morgan fingerprint density at radius 2 is 1.86 bits per heavy atom. The van der Waals surface area contributed by atoms with Crippen LogP contribution in [0.1, 0.15) is 69.0 Å². The monoisotopic (exact) mass is 512 g/mol. The second kappa shape index (κ2) is 10.8. The number of halogens is 2. The molecule has 0 radical (unpaired) electrons. The summed E-state index contributed by atoms with van der Waals surface area (Å²) in [6, 6.07) is 15.5. The van der Waals surface area contributed by atoms with Crippen LogP contribution in [0.3, 0.4) is 0 Å². The molecule has 2 amide bonds. The number of likely N-dealkylation sites (tertiary alicyclic amines) is 2. The fourth-order valence-corrected chi connectivity index (χ4v) is 6.18. The summed E-state index contributed by atoms with van der Waals surface area (Å²) in [5, 5.41) is 1.34. The Labute approximate surface area is 218 Å². The summed E-state index contributed by atoms with van der Waals surface area (Å²) < 4.78 is 0. The second-order valence-corrected chi connectivity index (χ2v) is 11.0. The van der Waals surface area contributed by atoms with Gasteiger partial charge in [-0.15, -0.1) is 6.58 Å². The van der Waals surface area contributed by atoms with Crippen molar-refractivity contribution in [2.45, 2.75) is 64.0 Å². The minimum atomic E-state index is -0.597. The van der Waals surface area contributed by atoms with E-state index < -0.39 is 5.41 Å². The third-order valence-electron chi connectivity index (χ3n) is 7.65. The van der Waals surface area contributed by atoms with E-state index in [0.717, 1.165) is 30.5 Å². The molecular formula is C29H34Cl2N2O2. The molecule has 4 rings (SSSR count). The van der Waals surface area contributed by atoms with E-state index in [-0.39, 0.29) is 29.8 Å². The smallest absolute Gasteiger partial charge is 0.229 e. The SMILES string of the molecule is C=CCC1(C)CC(c2cccc(Cl)c2)C(c2ccc(Cl)cc2)N(C(CC)CN2CCCC2=O)C1=O.